The molecule has 0 saturated carbocycles. The molecule has 206 valence electrons. The average Bonchev–Trinajstić information content (AvgIpc) is 3.70. The Hall–Kier alpha value is -4.54. The van der Waals surface area contributed by atoms with Crippen molar-refractivity contribution in [1.29, 1.82) is 5.26 Å². The van der Waals surface area contributed by atoms with Crippen LogP contribution in [-0.4, -0.2) is 64.2 Å². The largest absolute Gasteiger partial charge is 0.378 e. The SMILES string of the molecule is CCC1CN(c2ncc(C#N)s2)CC1Nc1c(C(N)=O)cnn2cc(-c3ccc(CNC(=O)COC)nc3)cc12. The number of anilines is 2. The predicted molar refractivity (Wildman–Crippen MR) is 151 cm³/mol. The van der Waals surface area contributed by atoms with Crippen LogP contribution < -0.4 is 21.3 Å². The zero-order valence-corrected chi connectivity index (χ0v) is 22.9. The maximum Gasteiger partial charge on any atom is 0.252 e. The van der Waals surface area contributed by atoms with Gasteiger partial charge in [0.1, 0.15) is 17.6 Å². The summed E-state index contributed by atoms with van der Waals surface area (Å²) in [6.07, 6.45) is 7.62. The molecule has 1 saturated heterocycles. The number of primary amides is 1. The Balaban J connectivity index is 1.41. The van der Waals surface area contributed by atoms with Crippen LogP contribution in [0.1, 0.15) is 34.3 Å². The summed E-state index contributed by atoms with van der Waals surface area (Å²) in [7, 11) is 1.47. The van der Waals surface area contributed by atoms with Gasteiger partial charge >= 0.3 is 0 Å². The molecule has 5 heterocycles. The number of nitrogens with one attached hydrogen (secondary N) is 2. The third-order valence-corrected chi connectivity index (χ3v) is 7.93. The molecule has 40 heavy (non-hydrogen) atoms. The van der Waals surface area contributed by atoms with Crippen molar-refractivity contribution in [2.45, 2.75) is 25.9 Å². The number of hydrogen-bond donors (Lipinski definition) is 3. The molecule has 1 fully saturated rings. The van der Waals surface area contributed by atoms with Gasteiger partial charge in [-0.3, -0.25) is 14.6 Å². The monoisotopic (exact) mass is 559 g/mol. The second-order valence-electron chi connectivity index (χ2n) is 9.55. The van der Waals surface area contributed by atoms with Crippen LogP contribution in [0.3, 0.4) is 0 Å². The van der Waals surface area contributed by atoms with Gasteiger partial charge in [0.2, 0.25) is 5.91 Å². The van der Waals surface area contributed by atoms with Crippen molar-refractivity contribution >= 4 is 39.5 Å². The van der Waals surface area contributed by atoms with E-state index in [-0.39, 0.29) is 18.6 Å². The molecule has 4 aromatic heterocycles. The van der Waals surface area contributed by atoms with E-state index >= 15 is 0 Å². The molecule has 1 aliphatic heterocycles. The highest BCUT2D eigenvalue weighted by Crippen LogP contribution is 2.34. The molecule has 4 aromatic rings. The van der Waals surface area contributed by atoms with Crippen molar-refractivity contribution in [2.75, 3.05) is 37.0 Å². The summed E-state index contributed by atoms with van der Waals surface area (Å²) in [5, 5.41) is 20.8. The number of carbonyl (C=O) groups is 2. The minimum atomic E-state index is -0.566. The molecule has 12 nitrogen and oxygen atoms in total. The summed E-state index contributed by atoms with van der Waals surface area (Å²) in [5.74, 6) is -0.486. The Morgan fingerprint density at radius 3 is 2.75 bits per heavy atom. The van der Waals surface area contributed by atoms with Gasteiger partial charge in [-0.25, -0.2) is 9.50 Å². The van der Waals surface area contributed by atoms with E-state index in [1.807, 2.05) is 24.4 Å². The minimum Gasteiger partial charge on any atom is -0.378 e. The number of amides is 2. The number of hydrogen-bond acceptors (Lipinski definition) is 10. The smallest absolute Gasteiger partial charge is 0.252 e. The van der Waals surface area contributed by atoms with Crippen LogP contribution in [0.25, 0.3) is 16.6 Å². The molecule has 0 radical (unpaired) electrons. The van der Waals surface area contributed by atoms with E-state index in [4.69, 9.17) is 10.5 Å². The molecule has 2 amide bonds. The van der Waals surface area contributed by atoms with Crippen LogP contribution in [0.5, 0.6) is 0 Å². The number of aromatic nitrogens is 4. The van der Waals surface area contributed by atoms with Crippen LogP contribution in [0.15, 0.2) is 43.0 Å². The van der Waals surface area contributed by atoms with Gasteiger partial charge < -0.3 is 26.0 Å². The zero-order valence-electron chi connectivity index (χ0n) is 22.1. The Kier molecular flexibility index (Phi) is 7.90. The number of nitriles is 1. The molecule has 1 aliphatic rings. The summed E-state index contributed by atoms with van der Waals surface area (Å²) in [6.45, 7) is 3.89. The first-order chi connectivity index (χ1) is 19.4. The van der Waals surface area contributed by atoms with E-state index in [2.05, 4.69) is 43.6 Å². The summed E-state index contributed by atoms with van der Waals surface area (Å²) in [6, 6.07) is 7.90. The van der Waals surface area contributed by atoms with Crippen LogP contribution >= 0.6 is 11.3 Å². The van der Waals surface area contributed by atoms with Crippen LogP contribution in [0.4, 0.5) is 10.8 Å². The van der Waals surface area contributed by atoms with E-state index in [9.17, 15) is 14.9 Å². The summed E-state index contributed by atoms with van der Waals surface area (Å²) < 4.78 is 6.54. The minimum absolute atomic E-state index is 0.00297. The number of thiazole rings is 1. The van der Waals surface area contributed by atoms with E-state index < -0.39 is 5.91 Å². The van der Waals surface area contributed by atoms with Gasteiger partial charge in [-0.2, -0.15) is 10.4 Å². The highest BCUT2D eigenvalue weighted by atomic mass is 32.1. The second kappa shape index (κ2) is 11.7. The number of nitrogens with zero attached hydrogens (tertiary/aromatic N) is 6. The number of pyridine rings is 1. The Labute approximate surface area is 234 Å². The number of fused-ring (bicyclic) bond motifs is 1. The number of nitrogens with two attached hydrogens (primary N) is 1. The molecule has 0 bridgehead atoms. The first kappa shape index (κ1) is 27.0. The van der Waals surface area contributed by atoms with Crippen LogP contribution in [-0.2, 0) is 16.1 Å². The lowest BCUT2D eigenvalue weighted by atomic mass is 10.00. The normalized spacial score (nSPS) is 16.7. The number of rotatable bonds is 10. The second-order valence-corrected chi connectivity index (χ2v) is 10.6. The van der Waals surface area contributed by atoms with Crippen LogP contribution in [0, 0.1) is 17.2 Å². The van der Waals surface area contributed by atoms with Gasteiger partial charge in [-0.1, -0.05) is 24.3 Å². The highest BCUT2D eigenvalue weighted by Gasteiger charge is 2.34. The lowest BCUT2D eigenvalue weighted by Gasteiger charge is -2.21. The van der Waals surface area contributed by atoms with Crippen molar-refractivity contribution in [3.05, 3.63) is 59.1 Å². The fourth-order valence-electron chi connectivity index (χ4n) is 4.88. The molecule has 2 atom stereocenters. The van der Waals surface area contributed by atoms with Gasteiger partial charge in [0.25, 0.3) is 5.91 Å². The van der Waals surface area contributed by atoms with E-state index in [1.54, 1.807) is 16.9 Å². The van der Waals surface area contributed by atoms with Crippen molar-refractivity contribution in [2.24, 2.45) is 11.7 Å². The first-order valence-electron chi connectivity index (χ1n) is 12.8. The predicted octanol–water partition coefficient (Wildman–Crippen LogP) is 2.41. The van der Waals surface area contributed by atoms with Gasteiger partial charge in [0.05, 0.1) is 41.4 Å². The van der Waals surface area contributed by atoms with E-state index in [0.29, 0.717) is 40.8 Å². The summed E-state index contributed by atoms with van der Waals surface area (Å²) in [5.41, 5.74) is 9.86. The Bertz CT molecular complexity index is 1570. The molecule has 0 aliphatic carbocycles. The van der Waals surface area contributed by atoms with E-state index in [1.165, 1.54) is 24.6 Å². The first-order valence-corrected chi connectivity index (χ1v) is 13.6. The van der Waals surface area contributed by atoms with Crippen molar-refractivity contribution in [3.8, 4) is 17.2 Å². The fraction of sp³-hybridized carbons (Fsp3) is 0.333. The number of methoxy groups -OCH3 is 1. The van der Waals surface area contributed by atoms with E-state index in [0.717, 1.165) is 34.7 Å². The number of carbonyl (C=O) groups excluding carboxylic acids is 2. The van der Waals surface area contributed by atoms with Crippen LogP contribution in [0.2, 0.25) is 0 Å². The molecule has 0 aromatic carbocycles. The topological polar surface area (TPSA) is 164 Å². The van der Waals surface area contributed by atoms with Gasteiger partial charge in [0, 0.05) is 49.8 Å². The maximum atomic E-state index is 12.4. The maximum absolute atomic E-state index is 12.4. The average molecular weight is 560 g/mol. The molecule has 13 heteroatoms. The summed E-state index contributed by atoms with van der Waals surface area (Å²) in [4.78, 5) is 35.7. The number of ether oxygens (including phenoxy) is 1. The molecule has 4 N–H and O–H groups in total. The fourth-order valence-corrected chi connectivity index (χ4v) is 5.61. The third kappa shape index (κ3) is 5.58. The Morgan fingerprint density at radius 2 is 2.08 bits per heavy atom. The highest BCUT2D eigenvalue weighted by molar-refractivity contribution is 7.16. The quantitative estimate of drug-likeness (QED) is 0.265. The molecule has 0 spiro atoms. The lowest BCUT2D eigenvalue weighted by Crippen LogP contribution is -2.30. The molecule has 5 rings (SSSR count). The van der Waals surface area contributed by atoms with Gasteiger partial charge in [-0.15, -0.1) is 0 Å². The lowest BCUT2D eigenvalue weighted by molar-refractivity contribution is -0.124. The van der Waals surface area contributed by atoms with Crippen molar-refractivity contribution < 1.29 is 14.3 Å². The summed E-state index contributed by atoms with van der Waals surface area (Å²) >= 11 is 1.38. The van der Waals surface area contributed by atoms with Gasteiger partial charge in [-0.05, 0) is 24.5 Å². The molecular weight excluding hydrogens is 530 g/mol. The van der Waals surface area contributed by atoms with Crippen molar-refractivity contribution in [3.63, 3.8) is 0 Å². The zero-order chi connectivity index (χ0) is 28.2. The molecular formula is C27H29N9O3S. The standard InChI is InChI=1S/C27H29N9O3S/c1-3-16-12-35(27-32-10-20(7-28)40-27)14-22(16)34-25-21(26(29)38)11-33-36-13-18(6-23(25)36)17-4-5-19(30-8-17)9-31-24(37)15-39-2/h4-6,8,10-11,13,16,22,34H,3,9,12,14-15H2,1-2H3,(H2,29,38)(H,31,37). The Morgan fingerprint density at radius 1 is 1.23 bits per heavy atom. The third-order valence-electron chi connectivity index (χ3n) is 6.97. The van der Waals surface area contributed by atoms with Gasteiger partial charge in [0.15, 0.2) is 5.13 Å². The molecule has 2 unspecified atom stereocenters. The van der Waals surface area contributed by atoms with Crippen molar-refractivity contribution in [1.82, 2.24) is 24.9 Å².